The number of allylic oxidation sites excluding steroid dienone is 3. The number of nitrogens with zero attached hydrogens (tertiary/aromatic N) is 2. The monoisotopic (exact) mass is 379 g/mol. The van der Waals surface area contributed by atoms with Crippen molar-refractivity contribution in [3.8, 4) is 0 Å². The summed E-state index contributed by atoms with van der Waals surface area (Å²) in [6, 6.07) is 1.90. The van der Waals surface area contributed by atoms with E-state index < -0.39 is 0 Å². The minimum atomic E-state index is 0.225. The standard InChI is InChI=1S/C16H22BrN5O/c1-10(17)3-4-14(23-2)15(18)13-9-12(21-16(19)22-13)11-5-7-20-8-6-11/h3-4,9,11,20H,1,5-8,18H2,2H3,(H2,19,21,22)/b4-3-,15-14+. The van der Waals surface area contributed by atoms with Gasteiger partial charge in [-0.2, -0.15) is 0 Å². The molecule has 1 aliphatic rings. The summed E-state index contributed by atoms with van der Waals surface area (Å²) in [5, 5.41) is 3.34. The van der Waals surface area contributed by atoms with Crippen LogP contribution in [0.4, 0.5) is 5.95 Å². The Morgan fingerprint density at radius 1 is 1.39 bits per heavy atom. The van der Waals surface area contributed by atoms with Crippen molar-refractivity contribution in [1.29, 1.82) is 0 Å². The highest BCUT2D eigenvalue weighted by atomic mass is 79.9. The third-order valence-electron chi connectivity index (χ3n) is 3.70. The molecule has 0 saturated carbocycles. The van der Waals surface area contributed by atoms with Crippen LogP contribution in [0, 0.1) is 0 Å². The number of ether oxygens (including phenoxy) is 1. The van der Waals surface area contributed by atoms with Crippen molar-refractivity contribution >= 4 is 27.6 Å². The smallest absolute Gasteiger partial charge is 0.220 e. The van der Waals surface area contributed by atoms with Crippen molar-refractivity contribution < 1.29 is 4.74 Å². The first-order valence-electron chi connectivity index (χ1n) is 7.43. The zero-order chi connectivity index (χ0) is 16.8. The number of hydrogen-bond acceptors (Lipinski definition) is 6. The van der Waals surface area contributed by atoms with Gasteiger partial charge in [-0.05, 0) is 44.1 Å². The minimum Gasteiger partial charge on any atom is -0.495 e. The lowest BCUT2D eigenvalue weighted by atomic mass is 9.94. The van der Waals surface area contributed by atoms with Gasteiger partial charge in [0.25, 0.3) is 0 Å². The molecule has 5 N–H and O–H groups in total. The van der Waals surface area contributed by atoms with Gasteiger partial charge in [-0.1, -0.05) is 22.5 Å². The van der Waals surface area contributed by atoms with Crippen LogP contribution in [0.3, 0.4) is 0 Å². The summed E-state index contributed by atoms with van der Waals surface area (Å²) in [4.78, 5) is 8.62. The van der Waals surface area contributed by atoms with E-state index in [2.05, 4.69) is 37.8 Å². The third kappa shape index (κ3) is 4.80. The van der Waals surface area contributed by atoms with Crippen LogP contribution in [0.15, 0.2) is 35.0 Å². The quantitative estimate of drug-likeness (QED) is 0.535. The van der Waals surface area contributed by atoms with Gasteiger partial charge < -0.3 is 21.5 Å². The normalized spacial score (nSPS) is 17.1. The number of nitrogens with two attached hydrogens (primary N) is 2. The highest BCUT2D eigenvalue weighted by molar-refractivity contribution is 9.11. The highest BCUT2D eigenvalue weighted by Gasteiger charge is 2.19. The summed E-state index contributed by atoms with van der Waals surface area (Å²) in [6.07, 6.45) is 5.54. The van der Waals surface area contributed by atoms with Gasteiger partial charge in [0, 0.05) is 16.1 Å². The Labute approximate surface area is 144 Å². The van der Waals surface area contributed by atoms with E-state index in [0.29, 0.717) is 23.1 Å². The molecule has 1 aromatic rings. The first-order chi connectivity index (χ1) is 11.0. The molecule has 124 valence electrons. The first kappa shape index (κ1) is 17.5. The Morgan fingerprint density at radius 2 is 2.09 bits per heavy atom. The van der Waals surface area contributed by atoms with Crippen LogP contribution in [-0.2, 0) is 4.74 Å². The zero-order valence-corrected chi connectivity index (χ0v) is 14.8. The lowest BCUT2D eigenvalue weighted by Gasteiger charge is -2.22. The molecule has 1 fully saturated rings. The van der Waals surface area contributed by atoms with E-state index in [9.17, 15) is 0 Å². The van der Waals surface area contributed by atoms with Gasteiger partial charge in [-0.15, -0.1) is 0 Å². The molecule has 0 unspecified atom stereocenters. The van der Waals surface area contributed by atoms with Crippen LogP contribution in [0.1, 0.15) is 30.1 Å². The van der Waals surface area contributed by atoms with Gasteiger partial charge in [0.15, 0.2) is 0 Å². The number of piperidine rings is 1. The van der Waals surface area contributed by atoms with Crippen molar-refractivity contribution in [2.75, 3.05) is 25.9 Å². The van der Waals surface area contributed by atoms with Crippen LogP contribution in [-0.4, -0.2) is 30.2 Å². The van der Waals surface area contributed by atoms with E-state index in [0.717, 1.165) is 36.1 Å². The largest absolute Gasteiger partial charge is 0.495 e. The fourth-order valence-corrected chi connectivity index (χ4v) is 2.64. The number of hydrogen-bond donors (Lipinski definition) is 3. The number of methoxy groups -OCH3 is 1. The number of nitrogens with one attached hydrogen (secondary N) is 1. The van der Waals surface area contributed by atoms with Crippen LogP contribution in [0.5, 0.6) is 0 Å². The van der Waals surface area contributed by atoms with Crippen molar-refractivity contribution in [3.63, 3.8) is 0 Å². The van der Waals surface area contributed by atoms with E-state index in [1.807, 2.05) is 6.07 Å². The Kier molecular flexibility index (Phi) is 6.18. The average Bonchev–Trinajstić information content (AvgIpc) is 2.55. The molecule has 6 nitrogen and oxygen atoms in total. The maximum Gasteiger partial charge on any atom is 0.220 e. The Morgan fingerprint density at radius 3 is 2.70 bits per heavy atom. The summed E-state index contributed by atoms with van der Waals surface area (Å²) in [6.45, 7) is 5.70. The number of nitrogen functional groups attached to an aromatic ring is 1. The molecule has 1 aliphatic heterocycles. The molecule has 0 radical (unpaired) electrons. The summed E-state index contributed by atoms with van der Waals surface area (Å²) in [7, 11) is 1.56. The van der Waals surface area contributed by atoms with E-state index in [1.165, 1.54) is 0 Å². The molecule has 0 spiro atoms. The fraction of sp³-hybridized carbons (Fsp3) is 0.375. The number of halogens is 1. The van der Waals surface area contributed by atoms with Gasteiger partial charge in [0.1, 0.15) is 11.5 Å². The van der Waals surface area contributed by atoms with Crippen LogP contribution in [0.25, 0.3) is 5.70 Å². The molecule has 0 aliphatic carbocycles. The maximum atomic E-state index is 6.20. The molecule has 0 atom stereocenters. The van der Waals surface area contributed by atoms with Gasteiger partial charge in [-0.25, -0.2) is 9.97 Å². The summed E-state index contributed by atoms with van der Waals surface area (Å²) in [5.41, 5.74) is 14.0. The Bertz CT molecular complexity index is 635. The number of rotatable bonds is 5. The van der Waals surface area contributed by atoms with Crippen molar-refractivity contribution in [3.05, 3.63) is 46.4 Å². The molecule has 1 aromatic heterocycles. The molecular formula is C16H22BrN5O. The van der Waals surface area contributed by atoms with Crippen molar-refractivity contribution in [2.24, 2.45) is 5.73 Å². The van der Waals surface area contributed by atoms with Gasteiger partial charge in [-0.3, -0.25) is 0 Å². The molecule has 1 saturated heterocycles. The predicted molar refractivity (Wildman–Crippen MR) is 96.6 cm³/mol. The highest BCUT2D eigenvalue weighted by Crippen LogP contribution is 2.26. The molecule has 0 amide bonds. The maximum absolute atomic E-state index is 6.20. The zero-order valence-electron chi connectivity index (χ0n) is 13.2. The first-order valence-corrected chi connectivity index (χ1v) is 8.22. The number of anilines is 1. The molecule has 2 heterocycles. The molecule has 0 bridgehead atoms. The second-order valence-corrected chi connectivity index (χ2v) is 6.34. The summed E-state index contributed by atoms with van der Waals surface area (Å²) < 4.78 is 6.06. The molecule has 2 rings (SSSR count). The van der Waals surface area contributed by atoms with Crippen LogP contribution >= 0.6 is 15.9 Å². The molecule has 7 heteroatoms. The van der Waals surface area contributed by atoms with E-state index in [-0.39, 0.29) is 5.95 Å². The van der Waals surface area contributed by atoms with E-state index in [1.54, 1.807) is 19.3 Å². The van der Waals surface area contributed by atoms with E-state index >= 15 is 0 Å². The van der Waals surface area contributed by atoms with Gasteiger partial charge in [0.2, 0.25) is 5.95 Å². The average molecular weight is 380 g/mol. The predicted octanol–water partition coefficient (Wildman–Crippen LogP) is 2.26. The van der Waals surface area contributed by atoms with Gasteiger partial charge in [0.05, 0.1) is 12.8 Å². The fourth-order valence-electron chi connectivity index (χ4n) is 2.51. The SMILES string of the molecule is C=C(Br)/C=C\C(OC)=C(/N)c1cc(C2CCNCC2)nc(N)n1. The Hall–Kier alpha value is -1.86. The second-order valence-electron chi connectivity index (χ2n) is 5.32. The number of aromatic nitrogens is 2. The summed E-state index contributed by atoms with van der Waals surface area (Å²) in [5.74, 6) is 1.10. The van der Waals surface area contributed by atoms with Crippen molar-refractivity contribution in [1.82, 2.24) is 15.3 Å². The van der Waals surface area contributed by atoms with Gasteiger partial charge >= 0.3 is 0 Å². The molecule has 0 aromatic carbocycles. The Balaban J connectivity index is 2.37. The second kappa shape index (κ2) is 8.12. The minimum absolute atomic E-state index is 0.225. The van der Waals surface area contributed by atoms with Crippen molar-refractivity contribution in [2.45, 2.75) is 18.8 Å². The lowest BCUT2D eigenvalue weighted by Crippen LogP contribution is -2.27. The summed E-state index contributed by atoms with van der Waals surface area (Å²) >= 11 is 3.26. The molecular weight excluding hydrogens is 358 g/mol. The lowest BCUT2D eigenvalue weighted by molar-refractivity contribution is 0.308. The molecule has 23 heavy (non-hydrogen) atoms. The topological polar surface area (TPSA) is 99.1 Å². The van der Waals surface area contributed by atoms with E-state index in [4.69, 9.17) is 16.2 Å². The van der Waals surface area contributed by atoms with Crippen LogP contribution in [0.2, 0.25) is 0 Å². The van der Waals surface area contributed by atoms with Crippen LogP contribution < -0.4 is 16.8 Å². The third-order valence-corrected chi connectivity index (χ3v) is 3.96.